The van der Waals surface area contributed by atoms with Crippen LogP contribution in [0.5, 0.6) is 5.75 Å². The molecule has 1 fully saturated rings. The highest BCUT2D eigenvalue weighted by Gasteiger charge is 2.20. The van der Waals surface area contributed by atoms with Gasteiger partial charge in [-0.2, -0.15) is 0 Å². The van der Waals surface area contributed by atoms with Gasteiger partial charge in [0.05, 0.1) is 6.04 Å². The molecule has 2 heterocycles. The van der Waals surface area contributed by atoms with E-state index in [1.807, 2.05) is 43.6 Å². The third-order valence-electron chi connectivity index (χ3n) is 6.51. The number of carbonyl (C=O) groups is 1. The number of likely N-dealkylation sites (N-methyl/N-ethyl adjacent to an activating group) is 2. The van der Waals surface area contributed by atoms with E-state index in [0.29, 0.717) is 0 Å². The molecule has 1 aliphatic heterocycles. The highest BCUT2D eigenvalue weighted by molar-refractivity contribution is 7.10. The van der Waals surface area contributed by atoms with Crippen molar-refractivity contribution in [3.8, 4) is 16.9 Å². The number of carbonyl (C=O) groups excluding carboxylic acids is 1. The van der Waals surface area contributed by atoms with Gasteiger partial charge in [-0.15, -0.1) is 11.3 Å². The second kappa shape index (κ2) is 11.1. The maximum absolute atomic E-state index is 13.4. The quantitative estimate of drug-likeness (QED) is 0.459. The van der Waals surface area contributed by atoms with Crippen LogP contribution in [0.4, 0.5) is 4.39 Å². The first-order valence-electron chi connectivity index (χ1n) is 11.6. The van der Waals surface area contributed by atoms with E-state index in [1.54, 1.807) is 28.4 Å². The van der Waals surface area contributed by atoms with Crippen molar-refractivity contribution in [1.82, 2.24) is 14.7 Å². The molecule has 180 valence electrons. The first-order valence-corrected chi connectivity index (χ1v) is 12.5. The van der Waals surface area contributed by atoms with Crippen molar-refractivity contribution in [2.24, 2.45) is 0 Å². The van der Waals surface area contributed by atoms with E-state index in [2.05, 4.69) is 22.9 Å². The molecule has 0 spiro atoms. The minimum absolute atomic E-state index is 0.00163. The van der Waals surface area contributed by atoms with Crippen molar-refractivity contribution < 1.29 is 13.9 Å². The number of halogens is 1. The van der Waals surface area contributed by atoms with Gasteiger partial charge < -0.3 is 14.5 Å². The Bertz CT molecular complexity index is 1080. The summed E-state index contributed by atoms with van der Waals surface area (Å²) in [6.45, 7) is 6.77. The van der Waals surface area contributed by atoms with E-state index >= 15 is 0 Å². The lowest BCUT2D eigenvalue weighted by Crippen LogP contribution is -2.43. The van der Waals surface area contributed by atoms with Gasteiger partial charge in [-0.3, -0.25) is 9.69 Å². The van der Waals surface area contributed by atoms with E-state index in [1.165, 1.54) is 12.1 Å². The largest absolute Gasteiger partial charge is 0.483 e. The summed E-state index contributed by atoms with van der Waals surface area (Å²) in [4.78, 5) is 20.5. The standard InChI is InChI=1S/C27H32FN3O2S/c1-20(26-5-4-16-34-26)30(3)27(32)19-33-25-11-8-22(21-6-9-24(28)10-7-21)17-23(25)18-31-14-12-29(2)13-15-31/h4-11,16-17,20H,12-15,18-19H2,1-3H3/t20-/m1/s1. The van der Waals surface area contributed by atoms with Gasteiger partial charge in [0.2, 0.25) is 0 Å². The molecule has 2 aromatic carbocycles. The highest BCUT2D eigenvalue weighted by Crippen LogP contribution is 2.29. The summed E-state index contributed by atoms with van der Waals surface area (Å²) in [5, 5.41) is 2.02. The lowest BCUT2D eigenvalue weighted by molar-refractivity contribution is -0.133. The van der Waals surface area contributed by atoms with Gasteiger partial charge in [-0.25, -0.2) is 4.39 Å². The summed E-state index contributed by atoms with van der Waals surface area (Å²) in [6.07, 6.45) is 0. The summed E-state index contributed by atoms with van der Waals surface area (Å²) in [6, 6.07) is 16.6. The second-order valence-electron chi connectivity index (χ2n) is 8.89. The van der Waals surface area contributed by atoms with Gasteiger partial charge in [-0.05, 0) is 60.8 Å². The molecule has 0 unspecified atom stereocenters. The zero-order valence-corrected chi connectivity index (χ0v) is 20.9. The summed E-state index contributed by atoms with van der Waals surface area (Å²) in [5.74, 6) is 0.408. The van der Waals surface area contributed by atoms with Gasteiger partial charge >= 0.3 is 0 Å². The highest BCUT2D eigenvalue weighted by atomic mass is 32.1. The molecule has 0 bridgehead atoms. The van der Waals surface area contributed by atoms with Crippen molar-refractivity contribution in [2.75, 3.05) is 46.9 Å². The van der Waals surface area contributed by atoms with Crippen molar-refractivity contribution in [2.45, 2.75) is 19.5 Å². The molecular formula is C27H32FN3O2S. The van der Waals surface area contributed by atoms with Crippen LogP contribution >= 0.6 is 11.3 Å². The Hall–Kier alpha value is -2.74. The van der Waals surface area contributed by atoms with Crippen molar-refractivity contribution in [1.29, 1.82) is 0 Å². The average Bonchev–Trinajstić information content (AvgIpc) is 3.39. The fraction of sp³-hybridized carbons (Fsp3) is 0.370. The van der Waals surface area contributed by atoms with Crippen molar-refractivity contribution >= 4 is 17.2 Å². The van der Waals surface area contributed by atoms with Gasteiger partial charge in [0.15, 0.2) is 6.61 Å². The number of hydrogen-bond donors (Lipinski definition) is 0. The Labute approximate surface area is 205 Å². The fourth-order valence-electron chi connectivity index (χ4n) is 4.09. The number of ether oxygens (including phenoxy) is 1. The maximum atomic E-state index is 13.4. The first kappa shape index (κ1) is 24.4. The number of nitrogens with zero attached hydrogens (tertiary/aromatic N) is 3. The lowest BCUT2D eigenvalue weighted by atomic mass is 10.0. The van der Waals surface area contributed by atoms with Crippen LogP contribution in [-0.2, 0) is 11.3 Å². The molecule has 1 amide bonds. The predicted octanol–water partition coefficient (Wildman–Crippen LogP) is 4.90. The van der Waals surface area contributed by atoms with Crippen LogP contribution in [0.3, 0.4) is 0 Å². The smallest absolute Gasteiger partial charge is 0.260 e. The Morgan fingerprint density at radius 2 is 1.79 bits per heavy atom. The SMILES string of the molecule is C[C@H](c1cccs1)N(C)C(=O)COc1ccc(-c2ccc(F)cc2)cc1CN1CCN(C)CC1. The third-order valence-corrected chi connectivity index (χ3v) is 7.55. The predicted molar refractivity (Wildman–Crippen MR) is 136 cm³/mol. The Morgan fingerprint density at radius 3 is 2.47 bits per heavy atom. The summed E-state index contributed by atoms with van der Waals surface area (Å²) < 4.78 is 19.5. The summed E-state index contributed by atoms with van der Waals surface area (Å²) in [7, 11) is 3.96. The van der Waals surface area contributed by atoms with Gasteiger partial charge in [-0.1, -0.05) is 24.3 Å². The Morgan fingerprint density at radius 1 is 1.09 bits per heavy atom. The molecule has 0 N–H and O–H groups in total. The molecule has 3 aromatic rings. The number of benzene rings is 2. The molecule has 0 saturated carbocycles. The molecule has 0 radical (unpaired) electrons. The van der Waals surface area contributed by atoms with Gasteiger partial charge in [0.25, 0.3) is 5.91 Å². The van der Waals surface area contributed by atoms with E-state index in [0.717, 1.165) is 60.0 Å². The van der Waals surface area contributed by atoms with Gasteiger partial charge in [0, 0.05) is 50.2 Å². The van der Waals surface area contributed by atoms with Crippen LogP contribution in [0.25, 0.3) is 11.1 Å². The van der Waals surface area contributed by atoms with Crippen LogP contribution in [0.1, 0.15) is 23.4 Å². The minimum atomic E-state index is -0.249. The molecule has 0 aliphatic carbocycles. The minimum Gasteiger partial charge on any atom is -0.483 e. The average molecular weight is 482 g/mol. The fourth-order valence-corrected chi connectivity index (χ4v) is 4.92. The Balaban J connectivity index is 1.50. The molecule has 1 saturated heterocycles. The van der Waals surface area contributed by atoms with Crippen LogP contribution in [0.15, 0.2) is 60.0 Å². The lowest BCUT2D eigenvalue weighted by Gasteiger charge is -2.32. The van der Waals surface area contributed by atoms with Crippen LogP contribution in [0, 0.1) is 5.82 Å². The van der Waals surface area contributed by atoms with Crippen LogP contribution in [0.2, 0.25) is 0 Å². The molecule has 34 heavy (non-hydrogen) atoms. The molecule has 1 aliphatic rings. The monoisotopic (exact) mass is 481 g/mol. The molecule has 1 atom stereocenters. The van der Waals surface area contributed by atoms with Gasteiger partial charge in [0.1, 0.15) is 11.6 Å². The zero-order valence-electron chi connectivity index (χ0n) is 20.0. The molecule has 7 heteroatoms. The normalized spacial score (nSPS) is 15.8. The summed E-state index contributed by atoms with van der Waals surface area (Å²) in [5.41, 5.74) is 2.99. The second-order valence-corrected chi connectivity index (χ2v) is 9.87. The Kier molecular flexibility index (Phi) is 7.98. The number of amides is 1. The molecule has 1 aromatic heterocycles. The molecular weight excluding hydrogens is 449 g/mol. The molecule has 5 nitrogen and oxygen atoms in total. The zero-order chi connectivity index (χ0) is 24.1. The van der Waals surface area contributed by atoms with E-state index in [4.69, 9.17) is 4.74 Å². The van der Waals surface area contributed by atoms with E-state index in [9.17, 15) is 9.18 Å². The van der Waals surface area contributed by atoms with Crippen LogP contribution in [-0.4, -0.2) is 67.5 Å². The molecule has 4 rings (SSSR count). The third kappa shape index (κ3) is 6.03. The van der Waals surface area contributed by atoms with E-state index < -0.39 is 0 Å². The van der Waals surface area contributed by atoms with E-state index in [-0.39, 0.29) is 24.4 Å². The summed E-state index contributed by atoms with van der Waals surface area (Å²) >= 11 is 1.65. The topological polar surface area (TPSA) is 36.0 Å². The number of hydrogen-bond acceptors (Lipinski definition) is 5. The van der Waals surface area contributed by atoms with Crippen molar-refractivity contribution in [3.63, 3.8) is 0 Å². The van der Waals surface area contributed by atoms with Crippen LogP contribution < -0.4 is 4.74 Å². The van der Waals surface area contributed by atoms with Crippen molar-refractivity contribution in [3.05, 3.63) is 76.2 Å². The number of rotatable bonds is 8. The maximum Gasteiger partial charge on any atom is 0.260 e. The first-order chi connectivity index (χ1) is 16.4. The number of piperazine rings is 1. The number of thiophene rings is 1.